The molecule has 1 atom stereocenters. The second-order valence-corrected chi connectivity index (χ2v) is 9.82. The fraction of sp³-hybridized carbons (Fsp3) is 0.478. The standard InChI is InChI=1S/C23H25ClN10O/c24-19-18-20(27-15-2-1-7-33(11-15)22(35)14(9-25)8-13-3-4-13)29-23(30-21(18)32-31-19)28-16-10-26-34(12-16)17-5-6-17/h8,10,12-13,15,17H,1-7,11H2,(H3,27,28,29,30,31,32)/b14-8+. The average molecular weight is 493 g/mol. The minimum absolute atomic E-state index is 0.0527. The number of fused-ring (bicyclic) bond motifs is 1. The molecule has 11 nitrogen and oxygen atoms in total. The van der Waals surface area contributed by atoms with Gasteiger partial charge in [-0.25, -0.2) is 0 Å². The zero-order chi connectivity index (χ0) is 23.9. The Morgan fingerprint density at radius 3 is 2.89 bits per heavy atom. The van der Waals surface area contributed by atoms with E-state index in [2.05, 4.69) is 42.0 Å². The van der Waals surface area contributed by atoms with Gasteiger partial charge in [0.1, 0.15) is 22.8 Å². The fourth-order valence-electron chi connectivity index (χ4n) is 4.42. The van der Waals surface area contributed by atoms with Crippen LogP contribution in [0, 0.1) is 17.2 Å². The first-order valence-corrected chi connectivity index (χ1v) is 12.4. The largest absolute Gasteiger partial charge is 0.365 e. The highest BCUT2D eigenvalue weighted by Crippen LogP contribution is 2.35. The molecule has 0 spiro atoms. The van der Waals surface area contributed by atoms with Crippen LogP contribution in [0.2, 0.25) is 5.15 Å². The molecule has 0 aromatic carbocycles. The Labute approximate surface area is 206 Å². The maximum atomic E-state index is 13.0. The summed E-state index contributed by atoms with van der Waals surface area (Å²) in [5.74, 6) is 1.10. The zero-order valence-electron chi connectivity index (χ0n) is 19.0. The van der Waals surface area contributed by atoms with Crippen LogP contribution in [0.3, 0.4) is 0 Å². The third-order valence-electron chi connectivity index (χ3n) is 6.58. The van der Waals surface area contributed by atoms with Gasteiger partial charge in [-0.15, -0.1) is 0 Å². The summed E-state index contributed by atoms with van der Waals surface area (Å²) in [6, 6.07) is 2.52. The van der Waals surface area contributed by atoms with E-state index < -0.39 is 0 Å². The first-order valence-electron chi connectivity index (χ1n) is 12.0. The van der Waals surface area contributed by atoms with E-state index in [1.807, 2.05) is 17.0 Å². The molecule has 3 N–H and O–H groups in total. The van der Waals surface area contributed by atoms with Crippen LogP contribution in [-0.2, 0) is 4.79 Å². The van der Waals surface area contributed by atoms with Crippen LogP contribution in [0.1, 0.15) is 44.6 Å². The molecule has 1 amide bonds. The molecular weight excluding hydrogens is 468 g/mol. The summed E-state index contributed by atoms with van der Waals surface area (Å²) >= 11 is 6.34. The van der Waals surface area contributed by atoms with Crippen molar-refractivity contribution >= 4 is 46.0 Å². The Kier molecular flexibility index (Phi) is 5.53. The van der Waals surface area contributed by atoms with Gasteiger partial charge in [-0.3, -0.25) is 14.6 Å². The number of aromatic amines is 1. The number of halogens is 1. The number of likely N-dealkylation sites (tertiary alicyclic amines) is 1. The van der Waals surface area contributed by atoms with Crippen molar-refractivity contribution in [3.8, 4) is 6.07 Å². The number of aromatic nitrogens is 6. The predicted octanol–water partition coefficient (Wildman–Crippen LogP) is 3.54. The molecule has 6 rings (SSSR count). The van der Waals surface area contributed by atoms with Crippen LogP contribution in [0.25, 0.3) is 11.0 Å². The van der Waals surface area contributed by atoms with Crippen LogP contribution in [-0.4, -0.2) is 59.9 Å². The maximum absolute atomic E-state index is 13.0. The number of amides is 1. The van der Waals surface area contributed by atoms with Crippen molar-refractivity contribution in [2.75, 3.05) is 23.7 Å². The number of piperidine rings is 1. The minimum Gasteiger partial charge on any atom is -0.365 e. The molecule has 12 heteroatoms. The second kappa shape index (κ2) is 8.85. The molecule has 3 aliphatic rings. The smallest absolute Gasteiger partial charge is 0.264 e. The van der Waals surface area contributed by atoms with Crippen molar-refractivity contribution < 1.29 is 4.79 Å². The number of carbonyl (C=O) groups excluding carboxylic acids is 1. The van der Waals surface area contributed by atoms with Crippen molar-refractivity contribution in [2.24, 2.45) is 5.92 Å². The minimum atomic E-state index is -0.199. The van der Waals surface area contributed by atoms with Crippen LogP contribution in [0.5, 0.6) is 0 Å². The molecule has 35 heavy (non-hydrogen) atoms. The highest BCUT2D eigenvalue weighted by atomic mass is 35.5. The van der Waals surface area contributed by atoms with Gasteiger partial charge in [0.05, 0.1) is 17.9 Å². The van der Waals surface area contributed by atoms with E-state index in [9.17, 15) is 10.1 Å². The number of hydrogen-bond donors (Lipinski definition) is 3. The summed E-state index contributed by atoms with van der Waals surface area (Å²) in [5.41, 5.74) is 1.55. The van der Waals surface area contributed by atoms with Gasteiger partial charge in [0.15, 0.2) is 10.8 Å². The lowest BCUT2D eigenvalue weighted by atomic mass is 10.0. The molecule has 1 saturated heterocycles. The first kappa shape index (κ1) is 21.9. The molecule has 0 radical (unpaired) electrons. The van der Waals surface area contributed by atoms with Gasteiger partial charge in [0.2, 0.25) is 5.95 Å². The third kappa shape index (κ3) is 4.66. The number of H-pyrrole nitrogens is 1. The van der Waals surface area contributed by atoms with Gasteiger partial charge in [-0.1, -0.05) is 17.7 Å². The topological polar surface area (TPSA) is 140 Å². The van der Waals surface area contributed by atoms with E-state index in [-0.39, 0.29) is 22.7 Å². The van der Waals surface area contributed by atoms with Gasteiger partial charge in [-0.05, 0) is 44.4 Å². The van der Waals surface area contributed by atoms with Crippen molar-refractivity contribution in [2.45, 2.75) is 50.6 Å². The zero-order valence-corrected chi connectivity index (χ0v) is 19.8. The molecule has 4 heterocycles. The molecule has 2 aliphatic carbocycles. The van der Waals surface area contributed by atoms with Gasteiger partial charge < -0.3 is 15.5 Å². The number of allylic oxidation sites excluding steroid dienone is 1. The number of nitrogens with zero attached hydrogens (tertiary/aromatic N) is 7. The van der Waals surface area contributed by atoms with Crippen LogP contribution in [0.15, 0.2) is 24.0 Å². The average Bonchev–Trinajstić information content (AvgIpc) is 3.79. The molecule has 2 saturated carbocycles. The van der Waals surface area contributed by atoms with Crippen LogP contribution in [0.4, 0.5) is 17.5 Å². The normalized spacial score (nSPS) is 20.6. The molecule has 3 fully saturated rings. The first-order chi connectivity index (χ1) is 17.1. The summed E-state index contributed by atoms with van der Waals surface area (Å²) < 4.78 is 1.95. The number of anilines is 3. The summed E-state index contributed by atoms with van der Waals surface area (Å²) in [5, 5.41) is 28.4. The number of nitrogens with one attached hydrogen (secondary N) is 3. The lowest BCUT2D eigenvalue weighted by molar-refractivity contribution is -0.127. The van der Waals surface area contributed by atoms with E-state index >= 15 is 0 Å². The molecular formula is C23H25ClN10O. The van der Waals surface area contributed by atoms with Crippen molar-refractivity contribution in [3.05, 3.63) is 29.2 Å². The maximum Gasteiger partial charge on any atom is 0.264 e. The van der Waals surface area contributed by atoms with Crippen molar-refractivity contribution in [1.29, 1.82) is 5.26 Å². The summed E-state index contributed by atoms with van der Waals surface area (Å²) in [4.78, 5) is 23.9. The van der Waals surface area contributed by atoms with Crippen molar-refractivity contribution in [1.82, 2.24) is 34.8 Å². The van der Waals surface area contributed by atoms with Crippen LogP contribution >= 0.6 is 11.6 Å². The van der Waals surface area contributed by atoms with E-state index in [0.29, 0.717) is 47.8 Å². The highest BCUT2D eigenvalue weighted by Gasteiger charge is 2.29. The fourth-order valence-corrected chi connectivity index (χ4v) is 4.65. The second-order valence-electron chi connectivity index (χ2n) is 9.46. The SMILES string of the molecule is N#C/C(=C\C1CC1)C(=O)N1CCCC(Nc2nc(Nc3cnn(C4CC4)c3)nc3[nH]nc(Cl)c23)C1. The number of rotatable bonds is 7. The lowest BCUT2D eigenvalue weighted by Gasteiger charge is -2.33. The molecule has 3 aromatic rings. The van der Waals surface area contributed by atoms with E-state index in [1.54, 1.807) is 11.1 Å². The monoisotopic (exact) mass is 492 g/mol. The number of nitriles is 1. The summed E-state index contributed by atoms with van der Waals surface area (Å²) in [6.45, 7) is 1.10. The lowest BCUT2D eigenvalue weighted by Crippen LogP contribution is -2.45. The van der Waals surface area contributed by atoms with Crippen LogP contribution < -0.4 is 10.6 Å². The van der Waals surface area contributed by atoms with E-state index in [4.69, 9.17) is 11.6 Å². The molecule has 1 unspecified atom stereocenters. The van der Waals surface area contributed by atoms with Gasteiger partial charge in [-0.2, -0.15) is 25.4 Å². The van der Waals surface area contributed by atoms with E-state index in [1.165, 1.54) is 0 Å². The Bertz CT molecular complexity index is 1350. The van der Waals surface area contributed by atoms with E-state index in [0.717, 1.165) is 44.2 Å². The molecule has 3 aromatic heterocycles. The summed E-state index contributed by atoms with van der Waals surface area (Å²) in [7, 11) is 0. The Morgan fingerprint density at radius 2 is 2.11 bits per heavy atom. The number of hydrogen-bond acceptors (Lipinski definition) is 8. The quantitative estimate of drug-likeness (QED) is 0.336. The van der Waals surface area contributed by atoms with Gasteiger partial charge in [0, 0.05) is 25.3 Å². The highest BCUT2D eigenvalue weighted by molar-refractivity contribution is 6.35. The van der Waals surface area contributed by atoms with Crippen molar-refractivity contribution in [3.63, 3.8) is 0 Å². The molecule has 180 valence electrons. The Hall–Kier alpha value is -3.65. The number of carbonyl (C=O) groups is 1. The third-order valence-corrected chi connectivity index (χ3v) is 6.85. The predicted molar refractivity (Wildman–Crippen MR) is 130 cm³/mol. The molecule has 0 bridgehead atoms. The molecule has 1 aliphatic heterocycles. The van der Waals surface area contributed by atoms with Gasteiger partial charge >= 0.3 is 0 Å². The Morgan fingerprint density at radius 1 is 1.26 bits per heavy atom. The Balaban J connectivity index is 1.21. The summed E-state index contributed by atoms with van der Waals surface area (Å²) in [6.07, 6.45) is 11.6. The van der Waals surface area contributed by atoms with Gasteiger partial charge in [0.25, 0.3) is 5.91 Å².